The van der Waals surface area contributed by atoms with Crippen LogP contribution in [0.15, 0.2) is 46.0 Å². The Kier molecular flexibility index (Phi) is 5.40. The second-order valence-electron chi connectivity index (χ2n) is 5.67. The molecule has 7 nitrogen and oxygen atoms in total. The summed E-state index contributed by atoms with van der Waals surface area (Å²) >= 11 is 9.24. The molecule has 3 aromatic rings. The maximum Gasteiger partial charge on any atom is 0.266 e. The SMILES string of the molecule is CCn1ncc(S(=O)(=O)Nc2nn(Cc3ccc(Cl)cc3)cc2Br)c1C. The molecule has 0 amide bonds. The van der Waals surface area contributed by atoms with Gasteiger partial charge in [-0.15, -0.1) is 0 Å². The van der Waals surface area contributed by atoms with Crippen molar-refractivity contribution in [2.45, 2.75) is 31.8 Å². The highest BCUT2D eigenvalue weighted by atomic mass is 79.9. The Labute approximate surface area is 165 Å². The highest BCUT2D eigenvalue weighted by molar-refractivity contribution is 9.10. The molecule has 2 aromatic heterocycles. The van der Waals surface area contributed by atoms with Gasteiger partial charge in [0.2, 0.25) is 0 Å². The van der Waals surface area contributed by atoms with Crippen LogP contribution in [0.3, 0.4) is 0 Å². The lowest BCUT2D eigenvalue weighted by molar-refractivity contribution is 0.598. The lowest BCUT2D eigenvalue weighted by Gasteiger charge is -2.06. The second kappa shape index (κ2) is 7.42. The molecule has 2 heterocycles. The molecule has 0 aliphatic carbocycles. The van der Waals surface area contributed by atoms with Gasteiger partial charge in [-0.3, -0.25) is 14.1 Å². The van der Waals surface area contributed by atoms with Crippen LogP contribution in [0, 0.1) is 6.92 Å². The summed E-state index contributed by atoms with van der Waals surface area (Å²) in [6.45, 7) is 4.71. The molecule has 138 valence electrons. The third-order valence-corrected chi connectivity index (χ3v) is 6.13. The van der Waals surface area contributed by atoms with E-state index < -0.39 is 10.0 Å². The van der Waals surface area contributed by atoms with Crippen molar-refractivity contribution in [1.82, 2.24) is 19.6 Å². The second-order valence-corrected chi connectivity index (χ2v) is 8.61. The molecule has 3 rings (SSSR count). The number of aromatic nitrogens is 4. The quantitative estimate of drug-likeness (QED) is 0.611. The highest BCUT2D eigenvalue weighted by Crippen LogP contribution is 2.25. The molecule has 1 N–H and O–H groups in total. The first-order chi connectivity index (χ1) is 12.3. The van der Waals surface area contributed by atoms with E-state index in [1.165, 1.54) is 6.20 Å². The smallest absolute Gasteiger partial charge is 0.266 e. The summed E-state index contributed by atoms with van der Waals surface area (Å²) < 4.78 is 31.7. The van der Waals surface area contributed by atoms with E-state index in [9.17, 15) is 8.42 Å². The molecule has 1 aromatic carbocycles. The Hall–Kier alpha value is -1.84. The number of nitrogens with one attached hydrogen (secondary N) is 1. The topological polar surface area (TPSA) is 81.8 Å². The largest absolute Gasteiger partial charge is 0.269 e. The molecule has 0 aliphatic heterocycles. The standard InChI is InChI=1S/C16H17BrClN5O2S/c1-3-23-11(2)15(8-19-23)26(24,25)21-16-14(17)10-22(20-16)9-12-4-6-13(18)7-5-12/h4-8,10H,3,9H2,1-2H3,(H,20,21). The summed E-state index contributed by atoms with van der Waals surface area (Å²) in [6.07, 6.45) is 3.06. The summed E-state index contributed by atoms with van der Waals surface area (Å²) in [5.41, 5.74) is 1.58. The minimum atomic E-state index is -3.78. The number of nitrogens with zero attached hydrogens (tertiary/aromatic N) is 4. The Morgan fingerprint density at radius 1 is 1.27 bits per heavy atom. The van der Waals surface area contributed by atoms with Gasteiger partial charge in [-0.1, -0.05) is 23.7 Å². The fourth-order valence-corrected chi connectivity index (χ4v) is 4.39. The Bertz CT molecular complexity index is 1030. The lowest BCUT2D eigenvalue weighted by Crippen LogP contribution is -2.15. The molecule has 0 unspecified atom stereocenters. The lowest BCUT2D eigenvalue weighted by atomic mass is 10.2. The minimum Gasteiger partial charge on any atom is -0.269 e. The minimum absolute atomic E-state index is 0.138. The van der Waals surface area contributed by atoms with Gasteiger partial charge in [0.05, 0.1) is 22.9 Å². The molecule has 0 spiro atoms. The highest BCUT2D eigenvalue weighted by Gasteiger charge is 2.23. The van der Waals surface area contributed by atoms with Gasteiger partial charge in [-0.05, 0) is 47.5 Å². The first kappa shape index (κ1) is 18.9. The molecule has 0 saturated heterocycles. The van der Waals surface area contributed by atoms with E-state index in [1.54, 1.807) is 34.6 Å². The van der Waals surface area contributed by atoms with E-state index >= 15 is 0 Å². The van der Waals surface area contributed by atoms with Crippen molar-refractivity contribution in [2.24, 2.45) is 0 Å². The van der Waals surface area contributed by atoms with Crippen molar-refractivity contribution in [1.29, 1.82) is 0 Å². The third-order valence-electron chi connectivity index (χ3n) is 3.85. The number of hydrogen-bond acceptors (Lipinski definition) is 4. The molecule has 26 heavy (non-hydrogen) atoms. The monoisotopic (exact) mass is 457 g/mol. The predicted octanol–water partition coefficient (Wildman–Crippen LogP) is 3.67. The normalized spacial score (nSPS) is 11.7. The number of anilines is 1. The van der Waals surface area contributed by atoms with Crippen LogP contribution >= 0.6 is 27.5 Å². The van der Waals surface area contributed by atoms with Gasteiger partial charge in [0.15, 0.2) is 5.82 Å². The first-order valence-electron chi connectivity index (χ1n) is 7.82. The van der Waals surface area contributed by atoms with Crippen LogP contribution in [0.25, 0.3) is 0 Å². The predicted molar refractivity (Wildman–Crippen MR) is 104 cm³/mol. The fraction of sp³-hybridized carbons (Fsp3) is 0.250. The fourth-order valence-electron chi connectivity index (χ4n) is 2.52. The summed E-state index contributed by atoms with van der Waals surface area (Å²) in [5.74, 6) is 0.225. The van der Waals surface area contributed by atoms with E-state index in [-0.39, 0.29) is 10.7 Å². The van der Waals surface area contributed by atoms with Crippen LogP contribution in [0.4, 0.5) is 5.82 Å². The van der Waals surface area contributed by atoms with Crippen LogP contribution in [-0.4, -0.2) is 28.0 Å². The van der Waals surface area contributed by atoms with Gasteiger partial charge in [-0.2, -0.15) is 10.2 Å². The van der Waals surface area contributed by atoms with Crippen molar-refractivity contribution in [3.63, 3.8) is 0 Å². The number of hydrogen-bond donors (Lipinski definition) is 1. The Balaban J connectivity index is 1.82. The van der Waals surface area contributed by atoms with Gasteiger partial charge in [0, 0.05) is 17.8 Å². The molecular weight excluding hydrogens is 442 g/mol. The molecule has 0 fully saturated rings. The van der Waals surface area contributed by atoms with Crippen LogP contribution < -0.4 is 4.72 Å². The van der Waals surface area contributed by atoms with Gasteiger partial charge in [0.1, 0.15) is 4.90 Å². The number of rotatable bonds is 6. The summed E-state index contributed by atoms with van der Waals surface area (Å²) in [4.78, 5) is 0.138. The van der Waals surface area contributed by atoms with Crippen molar-refractivity contribution in [3.8, 4) is 0 Å². The Morgan fingerprint density at radius 3 is 2.58 bits per heavy atom. The van der Waals surface area contributed by atoms with E-state index in [2.05, 4.69) is 30.8 Å². The van der Waals surface area contributed by atoms with Gasteiger partial charge in [-0.25, -0.2) is 8.42 Å². The summed E-state index contributed by atoms with van der Waals surface area (Å²) in [5, 5.41) is 9.06. The molecule has 0 radical (unpaired) electrons. The van der Waals surface area contributed by atoms with E-state index in [0.29, 0.717) is 28.3 Å². The van der Waals surface area contributed by atoms with Crippen LogP contribution in [0.5, 0.6) is 0 Å². The molecule has 0 saturated carbocycles. The zero-order valence-electron chi connectivity index (χ0n) is 14.1. The van der Waals surface area contributed by atoms with E-state index in [0.717, 1.165) is 5.56 Å². The van der Waals surface area contributed by atoms with Gasteiger partial charge in [0.25, 0.3) is 10.0 Å². The zero-order chi connectivity index (χ0) is 18.9. The summed E-state index contributed by atoms with van der Waals surface area (Å²) in [7, 11) is -3.78. The van der Waals surface area contributed by atoms with Crippen molar-refractivity contribution in [3.05, 3.63) is 57.4 Å². The van der Waals surface area contributed by atoms with Crippen molar-refractivity contribution >= 4 is 43.4 Å². The molecule has 0 bridgehead atoms. The molecule has 0 atom stereocenters. The molecule has 0 aliphatic rings. The number of benzene rings is 1. The number of halogens is 2. The Morgan fingerprint density at radius 2 is 1.96 bits per heavy atom. The molecular formula is C16H17BrClN5O2S. The van der Waals surface area contributed by atoms with Crippen LogP contribution in [0.1, 0.15) is 18.2 Å². The average molecular weight is 459 g/mol. The average Bonchev–Trinajstić information content (AvgIpc) is 3.12. The summed E-state index contributed by atoms with van der Waals surface area (Å²) in [6, 6.07) is 7.38. The first-order valence-corrected chi connectivity index (χ1v) is 10.5. The van der Waals surface area contributed by atoms with Crippen molar-refractivity contribution in [2.75, 3.05) is 4.72 Å². The number of aryl methyl sites for hydroxylation is 1. The zero-order valence-corrected chi connectivity index (χ0v) is 17.3. The maximum absolute atomic E-state index is 12.7. The maximum atomic E-state index is 12.7. The third kappa shape index (κ3) is 3.94. The van der Waals surface area contributed by atoms with Gasteiger partial charge >= 0.3 is 0 Å². The van der Waals surface area contributed by atoms with Gasteiger partial charge < -0.3 is 0 Å². The van der Waals surface area contributed by atoms with Crippen molar-refractivity contribution < 1.29 is 8.42 Å². The number of sulfonamides is 1. The van der Waals surface area contributed by atoms with E-state index in [1.807, 2.05) is 19.1 Å². The van der Waals surface area contributed by atoms with Crippen LogP contribution in [0.2, 0.25) is 5.02 Å². The van der Waals surface area contributed by atoms with E-state index in [4.69, 9.17) is 11.6 Å². The molecule has 10 heteroatoms. The van der Waals surface area contributed by atoms with Crippen LogP contribution in [-0.2, 0) is 23.1 Å².